The standard InChI is InChI=1S/C17H23N3O/c1-10(2)13-7-6-12(5)8-14(13)21-17-15(11(3)4)16(18)19-9-20-17/h6-11H,1-5H3,(H2,18,19,20). The molecule has 4 heteroatoms. The molecule has 0 radical (unpaired) electrons. The first kappa shape index (κ1) is 15.3. The lowest BCUT2D eigenvalue weighted by Crippen LogP contribution is -2.05. The third kappa shape index (κ3) is 3.32. The first-order valence-corrected chi connectivity index (χ1v) is 7.29. The van der Waals surface area contributed by atoms with Crippen LogP contribution in [0.3, 0.4) is 0 Å². The van der Waals surface area contributed by atoms with E-state index in [1.807, 2.05) is 6.07 Å². The minimum atomic E-state index is 0.202. The van der Waals surface area contributed by atoms with Gasteiger partial charge in [0.25, 0.3) is 0 Å². The molecule has 0 unspecified atom stereocenters. The maximum absolute atomic E-state index is 6.09. The molecule has 0 fully saturated rings. The molecular weight excluding hydrogens is 262 g/mol. The highest BCUT2D eigenvalue weighted by Crippen LogP contribution is 2.35. The van der Waals surface area contributed by atoms with Crippen molar-refractivity contribution in [3.63, 3.8) is 0 Å². The predicted octanol–water partition coefficient (Wildman–Crippen LogP) is 4.41. The van der Waals surface area contributed by atoms with Gasteiger partial charge in [-0.05, 0) is 36.0 Å². The van der Waals surface area contributed by atoms with Gasteiger partial charge >= 0.3 is 0 Å². The SMILES string of the molecule is Cc1ccc(C(C)C)c(Oc2ncnc(N)c2C(C)C)c1. The molecule has 0 atom stereocenters. The molecule has 0 bridgehead atoms. The highest BCUT2D eigenvalue weighted by Gasteiger charge is 2.17. The van der Waals surface area contributed by atoms with Crippen molar-refractivity contribution >= 4 is 5.82 Å². The second-order valence-electron chi connectivity index (χ2n) is 5.93. The molecule has 0 saturated heterocycles. The smallest absolute Gasteiger partial charge is 0.227 e. The number of nitrogens with two attached hydrogens (primary N) is 1. The number of nitrogen functional groups attached to an aromatic ring is 1. The molecule has 4 nitrogen and oxygen atoms in total. The van der Waals surface area contributed by atoms with Gasteiger partial charge in [0.15, 0.2) is 0 Å². The van der Waals surface area contributed by atoms with Gasteiger partial charge in [0, 0.05) is 0 Å². The fourth-order valence-corrected chi connectivity index (χ4v) is 2.33. The number of ether oxygens (including phenoxy) is 1. The van der Waals surface area contributed by atoms with Crippen LogP contribution in [0.15, 0.2) is 24.5 Å². The van der Waals surface area contributed by atoms with Crippen LogP contribution in [0.5, 0.6) is 11.6 Å². The van der Waals surface area contributed by atoms with Crippen LogP contribution in [0.2, 0.25) is 0 Å². The summed E-state index contributed by atoms with van der Waals surface area (Å²) in [4.78, 5) is 8.34. The van der Waals surface area contributed by atoms with Crippen LogP contribution in [0.25, 0.3) is 0 Å². The van der Waals surface area contributed by atoms with Crippen molar-refractivity contribution in [1.29, 1.82) is 0 Å². The van der Waals surface area contributed by atoms with Crippen LogP contribution < -0.4 is 10.5 Å². The van der Waals surface area contributed by atoms with E-state index in [2.05, 4.69) is 56.7 Å². The molecule has 1 heterocycles. The van der Waals surface area contributed by atoms with Crippen molar-refractivity contribution in [2.75, 3.05) is 5.73 Å². The van der Waals surface area contributed by atoms with Crippen molar-refractivity contribution < 1.29 is 4.74 Å². The van der Waals surface area contributed by atoms with Crippen molar-refractivity contribution in [3.05, 3.63) is 41.2 Å². The zero-order chi connectivity index (χ0) is 15.6. The monoisotopic (exact) mass is 285 g/mol. The molecule has 0 aliphatic carbocycles. The maximum Gasteiger partial charge on any atom is 0.227 e. The Bertz CT molecular complexity index is 636. The van der Waals surface area contributed by atoms with E-state index in [1.165, 1.54) is 6.33 Å². The van der Waals surface area contributed by atoms with Gasteiger partial charge in [-0.25, -0.2) is 9.97 Å². The summed E-state index contributed by atoms with van der Waals surface area (Å²) in [6, 6.07) is 6.24. The van der Waals surface area contributed by atoms with Crippen molar-refractivity contribution in [3.8, 4) is 11.6 Å². The normalized spacial score (nSPS) is 11.2. The summed E-state index contributed by atoms with van der Waals surface area (Å²) in [5.74, 6) is 2.44. The van der Waals surface area contributed by atoms with E-state index in [9.17, 15) is 0 Å². The Labute approximate surface area is 126 Å². The van der Waals surface area contributed by atoms with Crippen LogP contribution >= 0.6 is 0 Å². The molecule has 1 aromatic heterocycles. The van der Waals surface area contributed by atoms with Gasteiger partial charge in [-0.3, -0.25) is 0 Å². The van der Waals surface area contributed by atoms with Gasteiger partial charge in [0.05, 0.1) is 5.56 Å². The predicted molar refractivity (Wildman–Crippen MR) is 85.9 cm³/mol. The largest absolute Gasteiger partial charge is 0.438 e. The van der Waals surface area contributed by atoms with Gasteiger partial charge in [-0.1, -0.05) is 39.8 Å². The van der Waals surface area contributed by atoms with Crippen molar-refractivity contribution in [2.45, 2.75) is 46.5 Å². The van der Waals surface area contributed by atoms with E-state index < -0.39 is 0 Å². The fraction of sp³-hybridized carbons (Fsp3) is 0.412. The van der Waals surface area contributed by atoms with Gasteiger partial charge in [-0.15, -0.1) is 0 Å². The number of hydrogen-bond acceptors (Lipinski definition) is 4. The Morgan fingerprint density at radius 1 is 1.05 bits per heavy atom. The molecule has 2 aromatic rings. The van der Waals surface area contributed by atoms with Crippen molar-refractivity contribution in [1.82, 2.24) is 9.97 Å². The lowest BCUT2D eigenvalue weighted by Gasteiger charge is -2.17. The summed E-state index contributed by atoms with van der Waals surface area (Å²) in [6.07, 6.45) is 1.45. The average Bonchev–Trinajstić information content (AvgIpc) is 2.37. The average molecular weight is 285 g/mol. The molecule has 0 saturated carbocycles. The summed E-state index contributed by atoms with van der Waals surface area (Å²) < 4.78 is 6.09. The second-order valence-corrected chi connectivity index (χ2v) is 5.93. The molecule has 112 valence electrons. The van der Waals surface area contributed by atoms with E-state index in [-0.39, 0.29) is 5.92 Å². The van der Waals surface area contributed by atoms with Crippen LogP contribution in [-0.2, 0) is 0 Å². The van der Waals surface area contributed by atoms with E-state index in [1.54, 1.807) is 0 Å². The Morgan fingerprint density at radius 2 is 1.76 bits per heavy atom. The highest BCUT2D eigenvalue weighted by atomic mass is 16.5. The summed E-state index contributed by atoms with van der Waals surface area (Å²) in [7, 11) is 0. The van der Waals surface area contributed by atoms with E-state index in [4.69, 9.17) is 10.5 Å². The summed E-state index contributed by atoms with van der Waals surface area (Å²) in [5, 5.41) is 0. The number of hydrogen-bond donors (Lipinski definition) is 1. The van der Waals surface area contributed by atoms with Gasteiger partial charge < -0.3 is 10.5 Å². The molecule has 2 rings (SSSR count). The first-order valence-electron chi connectivity index (χ1n) is 7.29. The summed E-state index contributed by atoms with van der Waals surface area (Å²) in [6.45, 7) is 10.5. The summed E-state index contributed by atoms with van der Waals surface area (Å²) >= 11 is 0. The number of aryl methyl sites for hydroxylation is 1. The fourth-order valence-electron chi connectivity index (χ4n) is 2.33. The second kappa shape index (κ2) is 6.12. The molecule has 0 aliphatic rings. The highest BCUT2D eigenvalue weighted by molar-refractivity contribution is 5.49. The van der Waals surface area contributed by atoms with E-state index in [0.717, 1.165) is 22.4 Å². The lowest BCUT2D eigenvalue weighted by atomic mass is 10.0. The number of anilines is 1. The van der Waals surface area contributed by atoms with Crippen LogP contribution in [-0.4, -0.2) is 9.97 Å². The number of benzene rings is 1. The molecule has 21 heavy (non-hydrogen) atoms. The molecule has 1 aromatic carbocycles. The molecular formula is C17H23N3O. The summed E-state index contributed by atoms with van der Waals surface area (Å²) in [5.41, 5.74) is 9.14. The van der Waals surface area contributed by atoms with Gasteiger partial charge in [-0.2, -0.15) is 0 Å². The molecule has 0 amide bonds. The third-order valence-electron chi connectivity index (χ3n) is 3.45. The van der Waals surface area contributed by atoms with Gasteiger partial charge in [0.2, 0.25) is 5.88 Å². The first-order chi connectivity index (χ1) is 9.90. The quantitative estimate of drug-likeness (QED) is 0.904. The van der Waals surface area contributed by atoms with Gasteiger partial charge in [0.1, 0.15) is 17.9 Å². The molecule has 0 aliphatic heterocycles. The van der Waals surface area contributed by atoms with Crippen molar-refractivity contribution in [2.24, 2.45) is 0 Å². The topological polar surface area (TPSA) is 61.0 Å². The Hall–Kier alpha value is -2.10. The van der Waals surface area contributed by atoms with E-state index >= 15 is 0 Å². The zero-order valence-corrected chi connectivity index (χ0v) is 13.3. The zero-order valence-electron chi connectivity index (χ0n) is 13.3. The Balaban J connectivity index is 2.48. The van der Waals surface area contributed by atoms with Crippen LogP contribution in [0.1, 0.15) is 56.2 Å². The minimum absolute atomic E-state index is 0.202. The number of nitrogens with zero attached hydrogens (tertiary/aromatic N) is 2. The Morgan fingerprint density at radius 3 is 2.38 bits per heavy atom. The maximum atomic E-state index is 6.09. The van der Waals surface area contributed by atoms with Crippen LogP contribution in [0, 0.1) is 6.92 Å². The minimum Gasteiger partial charge on any atom is -0.438 e. The number of rotatable bonds is 4. The molecule has 0 spiro atoms. The van der Waals surface area contributed by atoms with E-state index in [0.29, 0.717) is 17.6 Å². The molecule has 2 N–H and O–H groups in total. The number of aromatic nitrogens is 2. The van der Waals surface area contributed by atoms with Crippen LogP contribution in [0.4, 0.5) is 5.82 Å². The lowest BCUT2D eigenvalue weighted by molar-refractivity contribution is 0.444. The Kier molecular flexibility index (Phi) is 4.46. The third-order valence-corrected chi connectivity index (χ3v) is 3.45.